The van der Waals surface area contributed by atoms with Crippen LogP contribution in [0.4, 0.5) is 4.79 Å². The van der Waals surface area contributed by atoms with Gasteiger partial charge in [0, 0.05) is 5.70 Å². The molecule has 1 aliphatic heterocycles. The van der Waals surface area contributed by atoms with Crippen LogP contribution in [0.15, 0.2) is 33.9 Å². The number of carbonyl (C=O) groups excluding carboxylic acids is 2. The second-order valence-electron chi connectivity index (χ2n) is 4.46. The summed E-state index contributed by atoms with van der Waals surface area (Å²) in [6.45, 7) is 1.66. The van der Waals surface area contributed by atoms with Gasteiger partial charge in [0.25, 0.3) is 0 Å². The number of ether oxygens (including phenoxy) is 2. The lowest BCUT2D eigenvalue weighted by Crippen LogP contribution is -2.45. The van der Waals surface area contributed by atoms with Gasteiger partial charge < -0.3 is 20.1 Å². The van der Waals surface area contributed by atoms with Gasteiger partial charge in [-0.05, 0) is 40.5 Å². The number of methoxy groups -OCH3 is 2. The predicted octanol–water partition coefficient (Wildman–Crippen LogP) is 2.26. The lowest BCUT2D eigenvalue weighted by molar-refractivity contribution is -0.136. The number of hydrogen-bond donors (Lipinski definition) is 2. The van der Waals surface area contributed by atoms with E-state index in [1.165, 1.54) is 7.11 Å². The lowest BCUT2D eigenvalue weighted by Gasteiger charge is -2.28. The summed E-state index contributed by atoms with van der Waals surface area (Å²) in [5.74, 6) is 0.177. The minimum absolute atomic E-state index is 0.364. The number of halogens is 1. The molecule has 0 radical (unpaired) electrons. The van der Waals surface area contributed by atoms with Crippen LogP contribution in [0.5, 0.6) is 5.75 Å². The maximum Gasteiger partial charge on any atom is 0.337 e. The maximum atomic E-state index is 12.0. The monoisotopic (exact) mass is 354 g/mol. The highest BCUT2D eigenvalue weighted by molar-refractivity contribution is 9.10. The van der Waals surface area contributed by atoms with Crippen molar-refractivity contribution in [3.63, 3.8) is 0 Å². The van der Waals surface area contributed by atoms with Gasteiger partial charge in [0.05, 0.1) is 30.3 Å². The number of urea groups is 1. The van der Waals surface area contributed by atoms with Crippen LogP contribution in [0, 0.1) is 0 Å². The first-order valence-electron chi connectivity index (χ1n) is 6.18. The summed E-state index contributed by atoms with van der Waals surface area (Å²) in [5.41, 5.74) is 1.59. The maximum absolute atomic E-state index is 12.0. The topological polar surface area (TPSA) is 76.7 Å². The van der Waals surface area contributed by atoms with Crippen LogP contribution >= 0.6 is 15.9 Å². The summed E-state index contributed by atoms with van der Waals surface area (Å²) in [6.07, 6.45) is 0. The molecule has 0 spiro atoms. The van der Waals surface area contributed by atoms with E-state index in [0.29, 0.717) is 17.0 Å². The number of allylic oxidation sites excluding steroid dienone is 1. The molecule has 1 atom stereocenters. The molecular weight excluding hydrogens is 340 g/mol. The van der Waals surface area contributed by atoms with Crippen LogP contribution < -0.4 is 15.4 Å². The highest BCUT2D eigenvalue weighted by Gasteiger charge is 2.32. The fourth-order valence-corrected chi connectivity index (χ4v) is 2.74. The first kappa shape index (κ1) is 15.4. The Morgan fingerprint density at radius 2 is 2.05 bits per heavy atom. The van der Waals surface area contributed by atoms with Crippen LogP contribution in [-0.4, -0.2) is 26.2 Å². The molecular formula is C14H15BrN2O4. The molecule has 2 rings (SSSR count). The number of nitrogens with one attached hydrogen (secondary N) is 2. The second-order valence-corrected chi connectivity index (χ2v) is 5.31. The van der Waals surface area contributed by atoms with Crippen molar-refractivity contribution in [2.45, 2.75) is 13.0 Å². The van der Waals surface area contributed by atoms with Crippen molar-refractivity contribution in [3.8, 4) is 5.75 Å². The number of carbonyl (C=O) groups is 2. The summed E-state index contributed by atoms with van der Waals surface area (Å²) in [6, 6.07) is 4.41. The number of esters is 1. The third kappa shape index (κ3) is 3.02. The predicted molar refractivity (Wildman–Crippen MR) is 79.8 cm³/mol. The van der Waals surface area contributed by atoms with Gasteiger partial charge in [-0.2, -0.15) is 0 Å². The Morgan fingerprint density at radius 1 is 1.33 bits per heavy atom. The molecule has 0 saturated heterocycles. The summed E-state index contributed by atoms with van der Waals surface area (Å²) >= 11 is 3.39. The van der Waals surface area contributed by atoms with Gasteiger partial charge in [-0.1, -0.05) is 6.07 Å². The van der Waals surface area contributed by atoms with E-state index in [9.17, 15) is 9.59 Å². The molecule has 0 saturated carbocycles. The standard InChI is InChI=1S/C14H15BrN2O4/c1-7-11(13(18)21-3)12(17-14(19)16-7)8-4-5-10(20-2)9(15)6-8/h4-6,12H,1-3H3,(H2,16,17,19). The van der Waals surface area contributed by atoms with E-state index in [4.69, 9.17) is 9.47 Å². The SMILES string of the molecule is COC(=O)C1=C(C)NC(=O)NC1c1ccc(OC)c(Br)c1. The average Bonchev–Trinajstić information content (AvgIpc) is 2.45. The van der Waals surface area contributed by atoms with E-state index in [1.807, 2.05) is 0 Å². The van der Waals surface area contributed by atoms with Crippen LogP contribution in [0.1, 0.15) is 18.5 Å². The Bertz CT molecular complexity index is 627. The minimum Gasteiger partial charge on any atom is -0.496 e. The fourth-order valence-electron chi connectivity index (χ4n) is 2.19. The zero-order valence-corrected chi connectivity index (χ0v) is 13.4. The molecule has 0 aromatic heterocycles. The molecule has 0 fully saturated rings. The van der Waals surface area contributed by atoms with E-state index in [-0.39, 0.29) is 6.03 Å². The van der Waals surface area contributed by atoms with Crippen molar-refractivity contribution >= 4 is 27.9 Å². The Hall–Kier alpha value is -2.02. The molecule has 1 unspecified atom stereocenters. The normalized spacial score (nSPS) is 17.9. The molecule has 6 nitrogen and oxygen atoms in total. The number of benzene rings is 1. The van der Waals surface area contributed by atoms with Crippen molar-refractivity contribution < 1.29 is 19.1 Å². The minimum atomic E-state index is -0.576. The van der Waals surface area contributed by atoms with Gasteiger partial charge in [-0.25, -0.2) is 9.59 Å². The van der Waals surface area contributed by atoms with Gasteiger partial charge in [-0.15, -0.1) is 0 Å². The van der Waals surface area contributed by atoms with Gasteiger partial charge in [0.1, 0.15) is 5.75 Å². The first-order valence-corrected chi connectivity index (χ1v) is 6.97. The smallest absolute Gasteiger partial charge is 0.337 e. The van der Waals surface area contributed by atoms with Crippen molar-refractivity contribution in [2.24, 2.45) is 0 Å². The number of rotatable bonds is 3. The summed E-state index contributed by atoms with van der Waals surface area (Å²) in [4.78, 5) is 23.6. The van der Waals surface area contributed by atoms with Gasteiger partial charge in [0.2, 0.25) is 0 Å². The Kier molecular flexibility index (Phi) is 4.52. The van der Waals surface area contributed by atoms with E-state index < -0.39 is 12.0 Å². The third-order valence-electron chi connectivity index (χ3n) is 3.18. The highest BCUT2D eigenvalue weighted by Crippen LogP contribution is 2.32. The van der Waals surface area contributed by atoms with E-state index in [0.717, 1.165) is 10.0 Å². The number of amides is 2. The lowest BCUT2D eigenvalue weighted by atomic mass is 9.95. The molecule has 1 aliphatic rings. The van der Waals surface area contributed by atoms with E-state index in [2.05, 4.69) is 26.6 Å². The molecule has 21 heavy (non-hydrogen) atoms. The fraction of sp³-hybridized carbons (Fsp3) is 0.286. The molecule has 2 N–H and O–H groups in total. The van der Waals surface area contributed by atoms with E-state index >= 15 is 0 Å². The Balaban J connectivity index is 2.48. The summed E-state index contributed by atoms with van der Waals surface area (Å²) < 4.78 is 10.7. The molecule has 0 bridgehead atoms. The molecule has 1 heterocycles. The Labute approximate surface area is 130 Å². The van der Waals surface area contributed by atoms with Gasteiger partial charge in [0.15, 0.2) is 0 Å². The van der Waals surface area contributed by atoms with Crippen LogP contribution in [-0.2, 0) is 9.53 Å². The molecule has 1 aromatic carbocycles. The largest absolute Gasteiger partial charge is 0.496 e. The first-order chi connectivity index (χ1) is 9.97. The summed E-state index contributed by atoms with van der Waals surface area (Å²) in [7, 11) is 2.87. The van der Waals surface area contributed by atoms with Gasteiger partial charge >= 0.3 is 12.0 Å². The van der Waals surface area contributed by atoms with E-state index in [1.54, 1.807) is 32.2 Å². The zero-order chi connectivity index (χ0) is 15.6. The quantitative estimate of drug-likeness (QED) is 0.816. The van der Waals surface area contributed by atoms with Crippen molar-refractivity contribution in [2.75, 3.05) is 14.2 Å². The second kappa shape index (κ2) is 6.17. The van der Waals surface area contributed by atoms with Crippen LogP contribution in [0.2, 0.25) is 0 Å². The molecule has 112 valence electrons. The third-order valence-corrected chi connectivity index (χ3v) is 3.80. The summed E-state index contributed by atoms with van der Waals surface area (Å²) in [5, 5.41) is 5.30. The molecule has 1 aromatic rings. The Morgan fingerprint density at radius 3 is 2.62 bits per heavy atom. The van der Waals surface area contributed by atoms with Crippen molar-refractivity contribution in [1.29, 1.82) is 0 Å². The van der Waals surface area contributed by atoms with Crippen LogP contribution in [0.25, 0.3) is 0 Å². The average molecular weight is 355 g/mol. The van der Waals surface area contributed by atoms with Crippen molar-refractivity contribution in [1.82, 2.24) is 10.6 Å². The molecule has 7 heteroatoms. The highest BCUT2D eigenvalue weighted by atomic mass is 79.9. The van der Waals surface area contributed by atoms with Crippen molar-refractivity contribution in [3.05, 3.63) is 39.5 Å². The molecule has 2 amide bonds. The molecule has 0 aliphatic carbocycles. The zero-order valence-electron chi connectivity index (χ0n) is 11.8. The van der Waals surface area contributed by atoms with Gasteiger partial charge in [-0.3, -0.25) is 0 Å². The van der Waals surface area contributed by atoms with Crippen LogP contribution in [0.3, 0.4) is 0 Å². The number of hydrogen-bond acceptors (Lipinski definition) is 4.